The van der Waals surface area contributed by atoms with E-state index in [1.165, 1.54) is 44.9 Å². The maximum Gasteiger partial charge on any atom is 0.306 e. The third-order valence-corrected chi connectivity index (χ3v) is 9.27. The van der Waals surface area contributed by atoms with Gasteiger partial charge in [-0.2, -0.15) is 0 Å². The lowest BCUT2D eigenvalue weighted by Crippen LogP contribution is -2.37. The average molecular weight is 752 g/mol. The SMILES string of the molecule is CC/C=C\C/C=C\C/C=C\C/C=C\CCCCCOCC(COP(=O)([O-])OCC[N+](C)(C)C)OC(=O)CCCCCCC/C=C\CCCCCCC. The van der Waals surface area contributed by atoms with Crippen LogP contribution >= 0.6 is 7.82 Å². The number of phosphoric ester groups is 1. The summed E-state index contributed by atoms with van der Waals surface area (Å²) < 4.78 is 34.5. The zero-order valence-corrected chi connectivity index (χ0v) is 34.9. The lowest BCUT2D eigenvalue weighted by molar-refractivity contribution is -0.870. The Bertz CT molecular complexity index is 1020. The number of ether oxygens (including phenoxy) is 2. The van der Waals surface area contributed by atoms with Gasteiger partial charge < -0.3 is 27.9 Å². The smallest absolute Gasteiger partial charge is 0.306 e. The van der Waals surface area contributed by atoms with E-state index < -0.39 is 13.9 Å². The van der Waals surface area contributed by atoms with E-state index in [2.05, 4.69) is 74.6 Å². The van der Waals surface area contributed by atoms with E-state index in [1.54, 1.807) is 0 Å². The van der Waals surface area contributed by atoms with Crippen molar-refractivity contribution < 1.29 is 37.3 Å². The molecule has 0 fully saturated rings. The topological polar surface area (TPSA) is 94.1 Å². The molecule has 0 radical (unpaired) electrons. The number of esters is 1. The van der Waals surface area contributed by atoms with Crippen molar-refractivity contribution in [3.8, 4) is 0 Å². The maximum atomic E-state index is 12.6. The minimum absolute atomic E-state index is 0.0154. The Kier molecular flexibility index (Phi) is 34.9. The normalized spacial score (nSPS) is 14.5. The number of unbranched alkanes of at least 4 members (excludes halogenated alkanes) is 13. The number of quaternary nitrogens is 1. The van der Waals surface area contributed by atoms with Crippen LogP contribution < -0.4 is 4.89 Å². The van der Waals surface area contributed by atoms with Gasteiger partial charge in [-0.25, -0.2) is 0 Å². The van der Waals surface area contributed by atoms with Crippen molar-refractivity contribution in [3.63, 3.8) is 0 Å². The number of carbonyl (C=O) groups is 1. The summed E-state index contributed by atoms with van der Waals surface area (Å²) >= 11 is 0. The molecule has 0 aliphatic carbocycles. The highest BCUT2D eigenvalue weighted by molar-refractivity contribution is 7.45. The van der Waals surface area contributed by atoms with Crippen molar-refractivity contribution in [1.82, 2.24) is 0 Å². The molecule has 8 nitrogen and oxygen atoms in total. The van der Waals surface area contributed by atoms with E-state index >= 15 is 0 Å². The van der Waals surface area contributed by atoms with Gasteiger partial charge in [0.25, 0.3) is 7.82 Å². The zero-order chi connectivity index (χ0) is 38.4. The number of nitrogens with zero attached hydrogens (tertiary/aromatic N) is 1. The highest BCUT2D eigenvalue weighted by Crippen LogP contribution is 2.38. The summed E-state index contributed by atoms with van der Waals surface area (Å²) in [5.74, 6) is -0.358. The lowest BCUT2D eigenvalue weighted by atomic mass is 10.1. The molecule has 0 aliphatic heterocycles. The Morgan fingerprint density at radius 2 is 1.12 bits per heavy atom. The number of rotatable bonds is 37. The second-order valence-electron chi connectivity index (χ2n) is 14.6. The summed E-state index contributed by atoms with van der Waals surface area (Å²) in [6.45, 7) is 5.17. The van der Waals surface area contributed by atoms with E-state index in [-0.39, 0.29) is 25.8 Å². The Balaban J connectivity index is 4.36. The van der Waals surface area contributed by atoms with Crippen LogP contribution in [0.5, 0.6) is 0 Å². The third-order valence-electron chi connectivity index (χ3n) is 8.30. The van der Waals surface area contributed by atoms with Crippen LogP contribution in [-0.4, -0.2) is 70.7 Å². The van der Waals surface area contributed by atoms with Crippen molar-refractivity contribution in [1.29, 1.82) is 0 Å². The van der Waals surface area contributed by atoms with Crippen LogP contribution in [0.4, 0.5) is 0 Å². The van der Waals surface area contributed by atoms with Gasteiger partial charge in [-0.15, -0.1) is 0 Å². The quantitative estimate of drug-likeness (QED) is 0.0205. The van der Waals surface area contributed by atoms with Crippen LogP contribution in [0.15, 0.2) is 60.8 Å². The van der Waals surface area contributed by atoms with Crippen LogP contribution in [0.25, 0.3) is 0 Å². The second kappa shape index (κ2) is 36.2. The van der Waals surface area contributed by atoms with Gasteiger partial charge in [0.05, 0.1) is 34.4 Å². The minimum Gasteiger partial charge on any atom is -0.756 e. The van der Waals surface area contributed by atoms with Gasteiger partial charge in [0, 0.05) is 13.0 Å². The van der Waals surface area contributed by atoms with E-state index in [9.17, 15) is 14.3 Å². The molecule has 0 aromatic rings. The summed E-state index contributed by atoms with van der Waals surface area (Å²) in [5, 5.41) is 0. The van der Waals surface area contributed by atoms with E-state index in [4.69, 9.17) is 18.5 Å². The number of allylic oxidation sites excluding steroid dienone is 10. The predicted octanol–water partition coefficient (Wildman–Crippen LogP) is 11.1. The number of hydrogen-bond donors (Lipinski definition) is 0. The molecule has 302 valence electrons. The molecule has 0 bridgehead atoms. The van der Waals surface area contributed by atoms with Crippen molar-refractivity contribution in [2.24, 2.45) is 0 Å². The van der Waals surface area contributed by atoms with Crippen molar-refractivity contribution in [2.75, 3.05) is 54.1 Å². The van der Waals surface area contributed by atoms with Crippen LogP contribution in [0.2, 0.25) is 0 Å². The molecule has 0 amide bonds. The largest absolute Gasteiger partial charge is 0.756 e. The maximum absolute atomic E-state index is 12.6. The van der Waals surface area contributed by atoms with Crippen LogP contribution in [0, 0.1) is 0 Å². The van der Waals surface area contributed by atoms with E-state index in [0.717, 1.165) is 83.5 Å². The van der Waals surface area contributed by atoms with Gasteiger partial charge in [0.1, 0.15) is 19.3 Å². The summed E-state index contributed by atoms with van der Waals surface area (Å²) in [4.78, 5) is 25.0. The van der Waals surface area contributed by atoms with Gasteiger partial charge in [-0.05, 0) is 77.0 Å². The first-order chi connectivity index (χ1) is 25.1. The fourth-order valence-electron chi connectivity index (χ4n) is 5.12. The van der Waals surface area contributed by atoms with E-state index in [0.29, 0.717) is 24.1 Å². The summed E-state index contributed by atoms with van der Waals surface area (Å²) in [7, 11) is 1.32. The van der Waals surface area contributed by atoms with Crippen molar-refractivity contribution >= 4 is 13.8 Å². The number of phosphoric acid groups is 1. The number of hydrogen-bond acceptors (Lipinski definition) is 7. The minimum atomic E-state index is -4.53. The third kappa shape index (κ3) is 39.4. The molecule has 2 unspecified atom stereocenters. The van der Waals surface area contributed by atoms with Crippen molar-refractivity contribution in [3.05, 3.63) is 60.8 Å². The number of likely N-dealkylation sites (N-methyl/N-ethyl adjacent to an activating group) is 1. The van der Waals surface area contributed by atoms with E-state index in [1.807, 2.05) is 21.1 Å². The molecular weight excluding hydrogens is 673 g/mol. The Morgan fingerprint density at radius 1 is 0.615 bits per heavy atom. The molecule has 0 aromatic carbocycles. The van der Waals surface area contributed by atoms with Crippen molar-refractivity contribution in [2.45, 2.75) is 155 Å². The molecule has 0 saturated heterocycles. The molecule has 0 spiro atoms. The summed E-state index contributed by atoms with van der Waals surface area (Å²) in [6.07, 6.45) is 43.7. The first kappa shape index (κ1) is 50.2. The molecule has 2 atom stereocenters. The van der Waals surface area contributed by atoms with Gasteiger partial charge in [0.15, 0.2) is 0 Å². The second-order valence-corrected chi connectivity index (χ2v) is 16.0. The van der Waals surface area contributed by atoms with Crippen LogP contribution in [0.3, 0.4) is 0 Å². The Morgan fingerprint density at radius 3 is 1.69 bits per heavy atom. The van der Waals surface area contributed by atoms with Crippen LogP contribution in [-0.2, 0) is 27.9 Å². The standard InChI is InChI=1S/C43H78NO7P/c1-6-8-10-12-14-16-18-20-22-23-25-27-29-31-33-35-38-48-40-42(41-50-52(46,47)49-39-37-44(3,4)5)51-43(45)36-34-32-30-28-26-24-21-19-17-15-13-11-9-7-2/h8,10,14,16,19-22,25,27,42H,6-7,9,11-13,15,17-18,23-24,26,28-41H2,1-5H3/b10-8-,16-14-,21-19-,22-20-,27-25-. The molecular formula is C43H78NO7P. The molecule has 9 heteroatoms. The molecule has 0 saturated carbocycles. The fourth-order valence-corrected chi connectivity index (χ4v) is 5.85. The molecule has 0 aromatic heterocycles. The summed E-state index contributed by atoms with van der Waals surface area (Å²) in [5.41, 5.74) is 0. The average Bonchev–Trinajstić information content (AvgIpc) is 3.09. The molecule has 0 N–H and O–H groups in total. The van der Waals surface area contributed by atoms with Gasteiger partial charge in [-0.1, -0.05) is 126 Å². The first-order valence-corrected chi connectivity index (χ1v) is 22.0. The van der Waals surface area contributed by atoms with Gasteiger partial charge in [-0.3, -0.25) is 9.36 Å². The molecule has 0 rings (SSSR count). The van der Waals surface area contributed by atoms with Gasteiger partial charge >= 0.3 is 5.97 Å². The zero-order valence-electron chi connectivity index (χ0n) is 34.0. The highest BCUT2D eigenvalue weighted by Gasteiger charge is 2.20. The van der Waals surface area contributed by atoms with Crippen LogP contribution in [0.1, 0.15) is 149 Å². The summed E-state index contributed by atoms with van der Waals surface area (Å²) in [6, 6.07) is 0. The predicted molar refractivity (Wildman–Crippen MR) is 217 cm³/mol. The molecule has 0 heterocycles. The first-order valence-electron chi connectivity index (χ1n) is 20.5. The Labute approximate surface area is 320 Å². The fraction of sp³-hybridized carbons (Fsp3) is 0.744. The number of carbonyl (C=O) groups excluding carboxylic acids is 1. The molecule has 52 heavy (non-hydrogen) atoms. The molecule has 0 aliphatic rings. The van der Waals surface area contributed by atoms with Gasteiger partial charge in [0.2, 0.25) is 0 Å². The lowest BCUT2D eigenvalue weighted by Gasteiger charge is -2.28. The highest BCUT2D eigenvalue weighted by atomic mass is 31.2. The monoisotopic (exact) mass is 752 g/mol. The Hall–Kier alpha value is -1.80.